The molecule has 0 amide bonds. The minimum Gasteiger partial charge on any atom is -0.464 e. The molecule has 0 radical (unpaired) electrons. The van der Waals surface area contributed by atoms with Crippen molar-refractivity contribution >= 4 is 16.0 Å². The smallest absolute Gasteiger partial charge is 0.423 e. The molecule has 134 valence electrons. The average molecular weight is 366 g/mol. The van der Waals surface area contributed by atoms with E-state index in [4.69, 9.17) is 4.74 Å². The summed E-state index contributed by atoms with van der Waals surface area (Å²) in [4.78, 5) is 13.0. The van der Waals surface area contributed by atoms with Crippen LogP contribution in [0.1, 0.15) is 6.42 Å². The summed E-state index contributed by atoms with van der Waals surface area (Å²) in [5.74, 6) is -5.80. The third-order valence-corrected chi connectivity index (χ3v) is 5.87. The van der Waals surface area contributed by atoms with Gasteiger partial charge in [0.1, 0.15) is 6.04 Å². The normalized spacial score (nSPS) is 25.6. The van der Waals surface area contributed by atoms with E-state index >= 15 is 0 Å². The number of hydrogen-bond donors (Lipinski definition) is 0. The monoisotopic (exact) mass is 366 g/mol. The summed E-state index contributed by atoms with van der Waals surface area (Å²) >= 11 is 0. The highest BCUT2D eigenvalue weighted by molar-refractivity contribution is 7.90. The number of carbonyl (C=O) groups excluding carboxylic acids is 1. The quantitative estimate of drug-likeness (QED) is 0.522. The van der Waals surface area contributed by atoms with Crippen LogP contribution in [0.2, 0.25) is 0 Å². The van der Waals surface area contributed by atoms with E-state index in [-0.39, 0.29) is 24.0 Å². The van der Waals surface area contributed by atoms with Crippen molar-refractivity contribution in [1.29, 1.82) is 0 Å². The van der Waals surface area contributed by atoms with E-state index in [9.17, 15) is 35.2 Å². The Balaban J connectivity index is 2.08. The first-order valence-electron chi connectivity index (χ1n) is 6.76. The summed E-state index contributed by atoms with van der Waals surface area (Å²) in [7, 11) is -5.72. The summed E-state index contributed by atoms with van der Waals surface area (Å²) in [6.45, 7) is -3.74. The number of hydrogen-bond acceptors (Lipinski definition) is 5. The number of piperazine rings is 1. The van der Waals surface area contributed by atoms with Crippen LogP contribution >= 0.6 is 0 Å². The standard InChI is InChI=1S/C11H15F5N2O4S/c12-7-10(13,14)11(15,16)23(20,21)18-4-2-17(3-5-18)8-1-6-22-9(8)19/h8H,1-7H2. The fraction of sp³-hybridized carbons (Fsp3) is 0.909. The molecule has 0 N–H and O–H groups in total. The Bertz CT molecular complexity index is 563. The molecule has 2 aliphatic heterocycles. The summed E-state index contributed by atoms with van der Waals surface area (Å²) in [5, 5.41) is -5.54. The van der Waals surface area contributed by atoms with Crippen LogP contribution in [0.15, 0.2) is 0 Å². The molecule has 23 heavy (non-hydrogen) atoms. The first-order valence-corrected chi connectivity index (χ1v) is 8.20. The second-order valence-corrected chi connectivity index (χ2v) is 7.25. The number of esters is 1. The van der Waals surface area contributed by atoms with E-state index < -0.39 is 53.0 Å². The molecule has 12 heteroatoms. The molecule has 0 spiro atoms. The van der Waals surface area contributed by atoms with Gasteiger partial charge in [-0.15, -0.1) is 0 Å². The van der Waals surface area contributed by atoms with Gasteiger partial charge in [0.2, 0.25) is 0 Å². The lowest BCUT2D eigenvalue weighted by molar-refractivity contribution is -0.168. The highest BCUT2D eigenvalue weighted by Crippen LogP contribution is 2.41. The summed E-state index contributed by atoms with van der Waals surface area (Å²) in [6.07, 6.45) is 0.391. The fourth-order valence-electron chi connectivity index (χ4n) is 2.50. The Labute approximate surface area is 129 Å². The zero-order valence-electron chi connectivity index (χ0n) is 11.9. The van der Waals surface area contributed by atoms with Gasteiger partial charge < -0.3 is 4.74 Å². The summed E-state index contributed by atoms with van der Waals surface area (Å²) in [5.41, 5.74) is 0. The third-order valence-electron chi connectivity index (χ3n) is 3.88. The van der Waals surface area contributed by atoms with Crippen molar-refractivity contribution in [3.8, 4) is 0 Å². The number of carbonyl (C=O) groups is 1. The maximum atomic E-state index is 13.5. The third kappa shape index (κ3) is 3.03. The first-order chi connectivity index (χ1) is 10.5. The molecule has 2 aliphatic rings. The van der Waals surface area contributed by atoms with Gasteiger partial charge in [-0.2, -0.15) is 21.9 Å². The Hall–Kier alpha value is -1.01. The maximum absolute atomic E-state index is 13.5. The minimum atomic E-state index is -5.72. The van der Waals surface area contributed by atoms with Crippen molar-refractivity contribution in [3.63, 3.8) is 0 Å². The molecule has 2 fully saturated rings. The Morgan fingerprint density at radius 1 is 1.13 bits per heavy atom. The van der Waals surface area contributed by atoms with Gasteiger partial charge in [-0.1, -0.05) is 0 Å². The van der Waals surface area contributed by atoms with Crippen LogP contribution in [-0.2, 0) is 19.6 Å². The molecule has 1 unspecified atom stereocenters. The Morgan fingerprint density at radius 3 is 2.13 bits per heavy atom. The second kappa shape index (κ2) is 6.13. The van der Waals surface area contributed by atoms with Crippen molar-refractivity contribution in [3.05, 3.63) is 0 Å². The molecule has 0 aromatic heterocycles. The number of nitrogens with zero attached hydrogens (tertiary/aromatic N) is 2. The molecular formula is C11H15F5N2O4S. The van der Waals surface area contributed by atoms with Crippen molar-refractivity contribution in [2.45, 2.75) is 23.6 Å². The van der Waals surface area contributed by atoms with Crippen LogP contribution < -0.4 is 0 Å². The van der Waals surface area contributed by atoms with Gasteiger partial charge in [0.05, 0.1) is 6.61 Å². The van der Waals surface area contributed by atoms with E-state index in [1.54, 1.807) is 4.90 Å². The highest BCUT2D eigenvalue weighted by Gasteiger charge is 2.67. The topological polar surface area (TPSA) is 66.9 Å². The van der Waals surface area contributed by atoms with Crippen LogP contribution in [-0.4, -0.2) is 80.3 Å². The average Bonchev–Trinajstić information content (AvgIpc) is 2.93. The molecule has 0 aromatic carbocycles. The van der Waals surface area contributed by atoms with Crippen molar-refractivity contribution in [1.82, 2.24) is 9.21 Å². The van der Waals surface area contributed by atoms with Gasteiger partial charge in [0.15, 0.2) is 6.67 Å². The predicted molar refractivity (Wildman–Crippen MR) is 67.3 cm³/mol. The van der Waals surface area contributed by atoms with Crippen LogP contribution in [0, 0.1) is 0 Å². The molecule has 0 saturated carbocycles. The molecule has 1 atom stereocenters. The second-order valence-electron chi connectivity index (χ2n) is 5.27. The van der Waals surface area contributed by atoms with Gasteiger partial charge in [0, 0.05) is 32.6 Å². The molecule has 6 nitrogen and oxygen atoms in total. The van der Waals surface area contributed by atoms with Gasteiger partial charge in [-0.05, 0) is 0 Å². The van der Waals surface area contributed by atoms with E-state index in [1.165, 1.54) is 0 Å². The van der Waals surface area contributed by atoms with Crippen molar-refractivity contribution in [2.75, 3.05) is 39.5 Å². The lowest BCUT2D eigenvalue weighted by Gasteiger charge is -2.38. The zero-order chi connectivity index (χ0) is 17.5. The van der Waals surface area contributed by atoms with Gasteiger partial charge in [-0.3, -0.25) is 9.69 Å². The van der Waals surface area contributed by atoms with Crippen LogP contribution in [0.5, 0.6) is 0 Å². The molecule has 0 aromatic rings. The number of halogens is 5. The number of rotatable bonds is 5. The Morgan fingerprint density at radius 2 is 1.70 bits per heavy atom. The number of sulfonamides is 1. The number of alkyl halides is 5. The van der Waals surface area contributed by atoms with Crippen molar-refractivity contribution in [2.24, 2.45) is 0 Å². The molecule has 2 saturated heterocycles. The summed E-state index contributed by atoms with van der Waals surface area (Å²) < 4.78 is 93.4. The lowest BCUT2D eigenvalue weighted by Crippen LogP contribution is -2.59. The van der Waals surface area contributed by atoms with Gasteiger partial charge >= 0.3 is 17.1 Å². The van der Waals surface area contributed by atoms with E-state index in [0.717, 1.165) is 0 Å². The Kier molecular flexibility index (Phi) is 4.89. The number of ether oxygens (including phenoxy) is 1. The van der Waals surface area contributed by atoms with Crippen molar-refractivity contribution < 1.29 is 39.9 Å². The van der Waals surface area contributed by atoms with E-state index in [1.807, 2.05) is 0 Å². The van der Waals surface area contributed by atoms with E-state index in [0.29, 0.717) is 6.42 Å². The molecule has 0 aliphatic carbocycles. The van der Waals surface area contributed by atoms with E-state index in [2.05, 4.69) is 0 Å². The summed E-state index contributed by atoms with van der Waals surface area (Å²) in [6, 6.07) is -0.590. The molecule has 2 heterocycles. The van der Waals surface area contributed by atoms with Crippen LogP contribution in [0.4, 0.5) is 22.0 Å². The number of cyclic esters (lactones) is 1. The first kappa shape index (κ1) is 18.3. The maximum Gasteiger partial charge on any atom is 0.423 e. The SMILES string of the molecule is O=C1OCCC1N1CCN(S(=O)(=O)C(F)(F)C(F)(F)CF)CC1. The molecular weight excluding hydrogens is 351 g/mol. The lowest BCUT2D eigenvalue weighted by atomic mass is 10.2. The largest absolute Gasteiger partial charge is 0.464 e. The zero-order valence-corrected chi connectivity index (χ0v) is 12.7. The van der Waals surface area contributed by atoms with Crippen LogP contribution in [0.25, 0.3) is 0 Å². The van der Waals surface area contributed by atoms with Crippen LogP contribution in [0.3, 0.4) is 0 Å². The van der Waals surface area contributed by atoms with Gasteiger partial charge in [-0.25, -0.2) is 12.8 Å². The minimum absolute atomic E-state index is 0.0870. The molecule has 2 rings (SSSR count). The van der Waals surface area contributed by atoms with Gasteiger partial charge in [0.25, 0.3) is 10.0 Å². The predicted octanol–water partition coefficient (Wildman–Crippen LogP) is 0.447. The highest BCUT2D eigenvalue weighted by atomic mass is 32.2. The fourth-order valence-corrected chi connectivity index (χ4v) is 3.90. The molecule has 0 bridgehead atoms.